The molecule has 0 spiro atoms. The predicted molar refractivity (Wildman–Crippen MR) is 87.5 cm³/mol. The average Bonchev–Trinajstić information content (AvgIpc) is 3.02. The van der Waals surface area contributed by atoms with Crippen LogP contribution in [0.2, 0.25) is 0 Å². The van der Waals surface area contributed by atoms with Crippen LogP contribution in [0.1, 0.15) is 18.5 Å². The zero-order chi connectivity index (χ0) is 14.7. The van der Waals surface area contributed by atoms with Gasteiger partial charge in [-0.25, -0.2) is 9.97 Å². The summed E-state index contributed by atoms with van der Waals surface area (Å²) in [6, 6.07) is 12.4. The van der Waals surface area contributed by atoms with Gasteiger partial charge in [-0.15, -0.1) is 0 Å². The third-order valence-corrected chi connectivity index (χ3v) is 3.99. The molecule has 0 amide bonds. The molecule has 106 valence electrons. The molecule has 2 heterocycles. The minimum atomic E-state index is 0.196. The van der Waals surface area contributed by atoms with Crippen LogP contribution in [0.15, 0.2) is 65.8 Å². The van der Waals surface area contributed by atoms with Crippen LogP contribution in [0.4, 0.5) is 5.69 Å². The van der Waals surface area contributed by atoms with E-state index in [2.05, 4.69) is 44.2 Å². The van der Waals surface area contributed by atoms with Gasteiger partial charge in [0.1, 0.15) is 12.1 Å². The van der Waals surface area contributed by atoms with Crippen LogP contribution < -0.4 is 5.32 Å². The van der Waals surface area contributed by atoms with Gasteiger partial charge < -0.3 is 5.32 Å². The summed E-state index contributed by atoms with van der Waals surface area (Å²) in [6.07, 6.45) is 7.18. The van der Waals surface area contributed by atoms with E-state index in [1.165, 1.54) is 5.56 Å². The Morgan fingerprint density at radius 2 is 2.05 bits per heavy atom. The van der Waals surface area contributed by atoms with E-state index in [1.54, 1.807) is 12.5 Å². The smallest absolute Gasteiger partial charge is 0.137 e. The monoisotopic (exact) mass is 342 g/mol. The molecular formula is C16H15BrN4. The summed E-state index contributed by atoms with van der Waals surface area (Å²) < 4.78 is 2.98. The molecular weight excluding hydrogens is 328 g/mol. The summed E-state index contributed by atoms with van der Waals surface area (Å²) in [7, 11) is 0. The Labute approximate surface area is 132 Å². The third kappa shape index (κ3) is 3.13. The SMILES string of the molecule is CC(Nc1ccc(-n2ccnc2)nc1)c1ccccc1Br. The number of hydrogen-bond acceptors (Lipinski definition) is 3. The lowest BCUT2D eigenvalue weighted by atomic mass is 10.1. The highest BCUT2D eigenvalue weighted by Gasteiger charge is 2.08. The number of nitrogens with zero attached hydrogens (tertiary/aromatic N) is 3. The maximum Gasteiger partial charge on any atom is 0.137 e. The Balaban J connectivity index is 1.75. The molecule has 4 nitrogen and oxygen atoms in total. The van der Waals surface area contributed by atoms with Gasteiger partial charge in [-0.05, 0) is 30.7 Å². The number of imidazole rings is 1. The fourth-order valence-electron chi connectivity index (χ4n) is 2.17. The largest absolute Gasteiger partial charge is 0.377 e. The van der Waals surface area contributed by atoms with Crippen LogP contribution in [-0.4, -0.2) is 14.5 Å². The van der Waals surface area contributed by atoms with Crippen molar-refractivity contribution in [1.29, 1.82) is 0 Å². The van der Waals surface area contributed by atoms with Gasteiger partial charge in [-0.2, -0.15) is 0 Å². The summed E-state index contributed by atoms with van der Waals surface area (Å²) in [6.45, 7) is 2.13. The summed E-state index contributed by atoms with van der Waals surface area (Å²) in [5, 5.41) is 3.45. The van der Waals surface area contributed by atoms with E-state index in [1.807, 2.05) is 47.3 Å². The lowest BCUT2D eigenvalue weighted by Crippen LogP contribution is -2.07. The second-order valence-electron chi connectivity index (χ2n) is 4.76. The molecule has 21 heavy (non-hydrogen) atoms. The normalized spacial score (nSPS) is 12.1. The van der Waals surface area contributed by atoms with E-state index < -0.39 is 0 Å². The quantitative estimate of drug-likeness (QED) is 0.772. The van der Waals surface area contributed by atoms with Crippen LogP contribution in [0, 0.1) is 0 Å². The van der Waals surface area contributed by atoms with Gasteiger partial charge >= 0.3 is 0 Å². The molecule has 0 aliphatic rings. The van der Waals surface area contributed by atoms with E-state index in [4.69, 9.17) is 0 Å². The Hall–Kier alpha value is -2.14. The highest BCUT2D eigenvalue weighted by atomic mass is 79.9. The van der Waals surface area contributed by atoms with E-state index in [0.29, 0.717) is 0 Å². The number of hydrogen-bond donors (Lipinski definition) is 1. The minimum absolute atomic E-state index is 0.196. The van der Waals surface area contributed by atoms with Gasteiger partial charge in [0.25, 0.3) is 0 Å². The Morgan fingerprint density at radius 1 is 1.19 bits per heavy atom. The molecule has 0 saturated heterocycles. The highest BCUT2D eigenvalue weighted by molar-refractivity contribution is 9.10. The molecule has 2 aromatic heterocycles. The lowest BCUT2D eigenvalue weighted by molar-refractivity contribution is 0.875. The van der Waals surface area contributed by atoms with Crippen molar-refractivity contribution in [2.75, 3.05) is 5.32 Å². The van der Waals surface area contributed by atoms with Crippen LogP contribution >= 0.6 is 15.9 Å². The highest BCUT2D eigenvalue weighted by Crippen LogP contribution is 2.25. The van der Waals surface area contributed by atoms with Crippen LogP contribution in [-0.2, 0) is 0 Å². The molecule has 3 aromatic rings. The Bertz CT molecular complexity index is 707. The van der Waals surface area contributed by atoms with Gasteiger partial charge in [0.15, 0.2) is 0 Å². The zero-order valence-electron chi connectivity index (χ0n) is 11.6. The van der Waals surface area contributed by atoms with Crippen molar-refractivity contribution in [1.82, 2.24) is 14.5 Å². The summed E-state index contributed by atoms with van der Waals surface area (Å²) in [4.78, 5) is 8.46. The summed E-state index contributed by atoms with van der Waals surface area (Å²) >= 11 is 3.58. The van der Waals surface area contributed by atoms with Crippen molar-refractivity contribution in [3.63, 3.8) is 0 Å². The molecule has 5 heteroatoms. The summed E-state index contributed by atoms with van der Waals surface area (Å²) in [5.74, 6) is 0.853. The third-order valence-electron chi connectivity index (χ3n) is 3.27. The first kappa shape index (κ1) is 13.8. The molecule has 0 bridgehead atoms. The van der Waals surface area contributed by atoms with Crippen molar-refractivity contribution in [2.45, 2.75) is 13.0 Å². The predicted octanol–water partition coefficient (Wildman–Crippen LogP) is 4.20. The second kappa shape index (κ2) is 6.10. The average molecular weight is 343 g/mol. The van der Waals surface area contributed by atoms with Gasteiger partial charge in [-0.3, -0.25) is 4.57 Å². The standard InChI is InChI=1S/C16H15BrN4/c1-12(14-4-2-3-5-15(14)17)20-13-6-7-16(19-10-13)21-9-8-18-11-21/h2-12,20H,1H3. The molecule has 0 fully saturated rings. The van der Waals surface area contributed by atoms with Crippen molar-refractivity contribution < 1.29 is 0 Å². The molecule has 0 aliphatic carbocycles. The van der Waals surface area contributed by atoms with E-state index in [-0.39, 0.29) is 6.04 Å². The van der Waals surface area contributed by atoms with Gasteiger partial charge in [0.05, 0.1) is 11.9 Å². The molecule has 1 aromatic carbocycles. The van der Waals surface area contributed by atoms with E-state index in [9.17, 15) is 0 Å². The van der Waals surface area contributed by atoms with Gasteiger partial charge in [-0.1, -0.05) is 34.1 Å². The fraction of sp³-hybridized carbons (Fsp3) is 0.125. The number of halogens is 1. The molecule has 1 unspecified atom stereocenters. The topological polar surface area (TPSA) is 42.7 Å². The second-order valence-corrected chi connectivity index (χ2v) is 5.62. The summed E-state index contributed by atoms with van der Waals surface area (Å²) in [5.41, 5.74) is 2.21. The maximum atomic E-state index is 4.44. The Morgan fingerprint density at radius 3 is 2.71 bits per heavy atom. The van der Waals surface area contributed by atoms with Crippen LogP contribution in [0.3, 0.4) is 0 Å². The van der Waals surface area contributed by atoms with Crippen molar-refractivity contribution in [3.8, 4) is 5.82 Å². The number of rotatable bonds is 4. The molecule has 1 atom stereocenters. The zero-order valence-corrected chi connectivity index (χ0v) is 13.2. The van der Waals surface area contributed by atoms with Gasteiger partial charge in [0.2, 0.25) is 0 Å². The molecule has 0 radical (unpaired) electrons. The van der Waals surface area contributed by atoms with Crippen molar-refractivity contribution in [3.05, 3.63) is 71.4 Å². The number of aromatic nitrogens is 3. The maximum absolute atomic E-state index is 4.44. The first-order chi connectivity index (χ1) is 10.2. The number of benzene rings is 1. The molecule has 0 aliphatic heterocycles. The van der Waals surface area contributed by atoms with E-state index >= 15 is 0 Å². The Kier molecular flexibility index (Phi) is 4.01. The van der Waals surface area contributed by atoms with Crippen LogP contribution in [0.25, 0.3) is 5.82 Å². The molecule has 3 rings (SSSR count). The number of anilines is 1. The van der Waals surface area contributed by atoms with Crippen LogP contribution in [0.5, 0.6) is 0 Å². The first-order valence-corrected chi connectivity index (χ1v) is 7.48. The van der Waals surface area contributed by atoms with Crippen molar-refractivity contribution >= 4 is 21.6 Å². The first-order valence-electron chi connectivity index (χ1n) is 6.69. The molecule has 0 saturated carbocycles. The number of nitrogens with one attached hydrogen (secondary N) is 1. The van der Waals surface area contributed by atoms with E-state index in [0.717, 1.165) is 16.0 Å². The van der Waals surface area contributed by atoms with Crippen molar-refractivity contribution in [2.24, 2.45) is 0 Å². The lowest BCUT2D eigenvalue weighted by Gasteiger charge is -2.17. The fourth-order valence-corrected chi connectivity index (χ4v) is 2.80. The number of pyridine rings is 1. The van der Waals surface area contributed by atoms with Gasteiger partial charge in [0, 0.05) is 22.9 Å². The minimum Gasteiger partial charge on any atom is -0.377 e. The molecule has 1 N–H and O–H groups in total.